The number of benzene rings is 1. The number of fused-ring (bicyclic) bond motifs is 1. The van der Waals surface area contributed by atoms with Gasteiger partial charge in [0.1, 0.15) is 23.1 Å². The highest BCUT2D eigenvalue weighted by molar-refractivity contribution is 5.93. The van der Waals surface area contributed by atoms with Crippen LogP contribution in [-0.4, -0.2) is 56.3 Å². The minimum atomic E-state index is -1.97. The number of halogens is 2. The lowest BCUT2D eigenvalue weighted by molar-refractivity contribution is 0.176. The molecule has 1 aromatic carbocycles. The minimum absolute atomic E-state index is 0.120. The van der Waals surface area contributed by atoms with Gasteiger partial charge in [0, 0.05) is 34.1 Å². The third-order valence-electron chi connectivity index (χ3n) is 5.62. The zero-order valence-electron chi connectivity index (χ0n) is 18.5. The van der Waals surface area contributed by atoms with Crippen LogP contribution in [0, 0.1) is 11.6 Å². The minimum Gasteiger partial charge on any atom is -0.391 e. The number of nitrogens with zero attached hydrogens (tertiary/aromatic N) is 5. The third-order valence-corrected chi connectivity index (χ3v) is 5.62. The SMILES string of the molecule is [2H]C1([2H])C[C@H](O)CN1C(=O)Nc1cnn2ccc(N3CCC[C@@H]3c3cc(F)ccc3F)nc12. The van der Waals surface area contributed by atoms with E-state index in [1.54, 1.807) is 12.3 Å². The second kappa shape index (κ2) is 7.77. The summed E-state index contributed by atoms with van der Waals surface area (Å²) < 4.78 is 45.6. The highest BCUT2D eigenvalue weighted by Gasteiger charge is 2.30. The Bertz CT molecular complexity index is 1220. The third kappa shape index (κ3) is 3.67. The van der Waals surface area contributed by atoms with Crippen molar-refractivity contribution in [3.63, 3.8) is 0 Å². The first-order valence-electron chi connectivity index (χ1n) is 11.1. The van der Waals surface area contributed by atoms with Crippen molar-refractivity contribution in [2.75, 3.05) is 29.8 Å². The predicted octanol–water partition coefficient (Wildman–Crippen LogP) is 2.95. The molecule has 2 aromatic heterocycles. The molecular formula is C21H22F2N6O2. The molecule has 0 spiro atoms. The van der Waals surface area contributed by atoms with Crippen molar-refractivity contribution in [2.24, 2.45) is 0 Å². The van der Waals surface area contributed by atoms with Gasteiger partial charge in [-0.2, -0.15) is 5.10 Å². The Hall–Kier alpha value is -3.27. The van der Waals surface area contributed by atoms with Crippen LogP contribution in [0.2, 0.25) is 0 Å². The molecule has 2 atom stereocenters. The molecule has 10 heteroatoms. The fourth-order valence-electron chi connectivity index (χ4n) is 4.13. The van der Waals surface area contributed by atoms with Crippen LogP contribution in [-0.2, 0) is 0 Å². The number of hydrogen-bond donors (Lipinski definition) is 2. The van der Waals surface area contributed by atoms with Crippen LogP contribution in [0.5, 0.6) is 0 Å². The van der Waals surface area contributed by atoms with E-state index in [1.807, 2.05) is 4.90 Å². The number of nitrogens with one attached hydrogen (secondary N) is 1. The Morgan fingerprint density at radius 2 is 2.16 bits per heavy atom. The standard InChI is InChI=1S/C21H22F2N6O2/c22-13-3-4-16(23)15(10-13)18-2-1-7-28(18)19-6-9-29-20(26-19)17(11-24-29)25-21(31)27-8-5-14(30)12-27/h3-4,6,9-11,14,18,30H,1-2,5,7-8,12H2,(H,25,31)/t14-,18+/m0/s1/i8D2. The number of urea groups is 1. The van der Waals surface area contributed by atoms with Crippen molar-refractivity contribution < 1.29 is 21.4 Å². The van der Waals surface area contributed by atoms with Gasteiger partial charge in [0.2, 0.25) is 0 Å². The summed E-state index contributed by atoms with van der Waals surface area (Å²) in [5.74, 6) is -0.459. The van der Waals surface area contributed by atoms with Crippen LogP contribution < -0.4 is 10.2 Å². The second-order valence-electron chi connectivity index (χ2n) is 7.69. The lowest BCUT2D eigenvalue weighted by Crippen LogP contribution is -2.33. The molecule has 31 heavy (non-hydrogen) atoms. The lowest BCUT2D eigenvalue weighted by Gasteiger charge is -2.26. The Morgan fingerprint density at radius 3 is 2.97 bits per heavy atom. The van der Waals surface area contributed by atoms with Crippen LogP contribution >= 0.6 is 0 Å². The fourth-order valence-corrected chi connectivity index (χ4v) is 4.13. The van der Waals surface area contributed by atoms with E-state index in [0.717, 1.165) is 23.5 Å². The molecule has 0 radical (unpaired) electrons. The molecule has 0 saturated carbocycles. The van der Waals surface area contributed by atoms with Crippen LogP contribution in [0.4, 0.5) is 25.1 Å². The van der Waals surface area contributed by atoms with Crippen molar-refractivity contribution in [1.29, 1.82) is 0 Å². The summed E-state index contributed by atoms with van der Waals surface area (Å²) in [7, 11) is 0. The maximum atomic E-state index is 14.4. The number of β-amino-alcohol motifs (C(OH)–C–C–N with tert-alkyl or cyclic N) is 1. The zero-order chi connectivity index (χ0) is 23.3. The Labute approximate surface area is 179 Å². The van der Waals surface area contributed by atoms with Gasteiger partial charge in [-0.1, -0.05) is 0 Å². The number of aliphatic hydroxyl groups excluding tert-OH is 1. The number of aliphatic hydroxyl groups is 1. The van der Waals surface area contributed by atoms with E-state index in [0.29, 0.717) is 24.4 Å². The zero-order valence-corrected chi connectivity index (χ0v) is 16.5. The fraction of sp³-hybridized carbons (Fsp3) is 0.381. The number of anilines is 2. The Balaban J connectivity index is 1.44. The van der Waals surface area contributed by atoms with E-state index in [-0.39, 0.29) is 30.3 Å². The molecular weight excluding hydrogens is 406 g/mol. The summed E-state index contributed by atoms with van der Waals surface area (Å²) >= 11 is 0. The van der Waals surface area contributed by atoms with Gasteiger partial charge in [-0.05, 0) is 43.5 Å². The Morgan fingerprint density at radius 1 is 1.29 bits per heavy atom. The van der Waals surface area contributed by atoms with Gasteiger partial charge in [0.25, 0.3) is 0 Å². The normalized spacial score (nSPS) is 23.8. The predicted molar refractivity (Wildman–Crippen MR) is 110 cm³/mol. The Kier molecular flexibility index (Phi) is 4.36. The molecule has 8 nitrogen and oxygen atoms in total. The quantitative estimate of drug-likeness (QED) is 0.667. The van der Waals surface area contributed by atoms with Gasteiger partial charge in [0.05, 0.1) is 18.3 Å². The van der Waals surface area contributed by atoms with E-state index in [9.17, 15) is 18.7 Å². The first kappa shape index (κ1) is 17.4. The van der Waals surface area contributed by atoms with Gasteiger partial charge in [0.15, 0.2) is 5.65 Å². The summed E-state index contributed by atoms with van der Waals surface area (Å²) in [5.41, 5.74) is 0.865. The number of amides is 2. The van der Waals surface area contributed by atoms with E-state index in [4.69, 9.17) is 2.74 Å². The van der Waals surface area contributed by atoms with Crippen molar-refractivity contribution in [3.05, 3.63) is 53.9 Å². The van der Waals surface area contributed by atoms with Crippen LogP contribution in [0.3, 0.4) is 0 Å². The molecule has 3 aromatic rings. The van der Waals surface area contributed by atoms with E-state index in [2.05, 4.69) is 15.4 Å². The number of hydrogen-bond acceptors (Lipinski definition) is 5. The van der Waals surface area contributed by atoms with E-state index in [1.165, 1.54) is 16.8 Å². The first-order valence-corrected chi connectivity index (χ1v) is 10.1. The van der Waals surface area contributed by atoms with Crippen molar-refractivity contribution in [1.82, 2.24) is 19.5 Å². The molecule has 2 fully saturated rings. The average molecular weight is 430 g/mol. The molecule has 162 valence electrons. The van der Waals surface area contributed by atoms with Gasteiger partial charge in [-0.3, -0.25) is 0 Å². The van der Waals surface area contributed by atoms with Crippen molar-refractivity contribution in [2.45, 2.75) is 31.4 Å². The van der Waals surface area contributed by atoms with Crippen LogP contribution in [0.15, 0.2) is 36.7 Å². The molecule has 2 amide bonds. The molecule has 2 N–H and O–H groups in total. The molecule has 2 saturated heterocycles. The molecule has 2 aliphatic rings. The number of aromatic nitrogens is 3. The summed E-state index contributed by atoms with van der Waals surface area (Å²) in [6.45, 7) is -1.49. The maximum Gasteiger partial charge on any atom is 0.322 e. The van der Waals surface area contributed by atoms with Crippen molar-refractivity contribution in [3.8, 4) is 0 Å². The number of rotatable bonds is 3. The summed E-state index contributed by atoms with van der Waals surface area (Å²) in [5, 5.41) is 16.5. The highest BCUT2D eigenvalue weighted by atomic mass is 19.1. The molecule has 5 rings (SSSR count). The summed E-state index contributed by atoms with van der Waals surface area (Å²) in [6.07, 6.45) is 3.38. The number of likely N-dealkylation sites (tertiary alicyclic amines) is 1. The summed E-state index contributed by atoms with van der Waals surface area (Å²) in [4.78, 5) is 20.1. The molecule has 4 heterocycles. The molecule has 0 bridgehead atoms. The lowest BCUT2D eigenvalue weighted by atomic mass is 10.0. The average Bonchev–Trinajstić information content (AvgIpc) is 3.46. The number of carbonyl (C=O) groups is 1. The highest BCUT2D eigenvalue weighted by Crippen LogP contribution is 2.37. The largest absolute Gasteiger partial charge is 0.391 e. The van der Waals surface area contributed by atoms with Gasteiger partial charge < -0.3 is 20.2 Å². The first-order chi connectivity index (χ1) is 15.7. The molecule has 0 aliphatic carbocycles. The monoisotopic (exact) mass is 430 g/mol. The van der Waals surface area contributed by atoms with Crippen molar-refractivity contribution >= 4 is 23.2 Å². The molecule has 2 aliphatic heterocycles. The summed E-state index contributed by atoms with van der Waals surface area (Å²) in [6, 6.07) is 4.05. The number of carbonyl (C=O) groups excluding carboxylic acids is 1. The smallest absolute Gasteiger partial charge is 0.322 e. The second-order valence-corrected chi connectivity index (χ2v) is 7.69. The van der Waals surface area contributed by atoms with Gasteiger partial charge >= 0.3 is 6.03 Å². The van der Waals surface area contributed by atoms with Gasteiger partial charge in [-0.15, -0.1) is 0 Å². The van der Waals surface area contributed by atoms with Crippen LogP contribution in [0.1, 0.15) is 33.6 Å². The van der Waals surface area contributed by atoms with Crippen LogP contribution in [0.25, 0.3) is 5.65 Å². The molecule has 0 unspecified atom stereocenters. The topological polar surface area (TPSA) is 86.0 Å². The maximum absolute atomic E-state index is 14.4. The van der Waals surface area contributed by atoms with Gasteiger partial charge in [-0.25, -0.2) is 23.1 Å². The van der Waals surface area contributed by atoms with E-state index < -0.39 is 30.3 Å². The van der Waals surface area contributed by atoms with E-state index >= 15 is 0 Å².